The van der Waals surface area contributed by atoms with Crippen LogP contribution in [0.3, 0.4) is 0 Å². The van der Waals surface area contributed by atoms with E-state index in [0.29, 0.717) is 23.7 Å². The number of carbonyl (C=O) groups is 1. The molecule has 0 aliphatic carbocycles. The number of amides is 1. The number of carbonyl (C=O) groups excluding carboxylic acids is 1. The van der Waals surface area contributed by atoms with E-state index in [1.54, 1.807) is 31.7 Å². The summed E-state index contributed by atoms with van der Waals surface area (Å²) in [5.41, 5.74) is 2.95. The number of benzene rings is 1. The lowest BCUT2D eigenvalue weighted by atomic mass is 9.94. The molecule has 2 aromatic heterocycles. The lowest BCUT2D eigenvalue weighted by Crippen LogP contribution is -2.39. The van der Waals surface area contributed by atoms with E-state index < -0.39 is 0 Å². The molecule has 1 saturated heterocycles. The van der Waals surface area contributed by atoms with E-state index in [9.17, 15) is 9.59 Å². The molecular formula is C22H21ClN4O2. The maximum absolute atomic E-state index is 12.9. The molecule has 0 bridgehead atoms. The second-order valence-electron chi connectivity index (χ2n) is 7.30. The van der Waals surface area contributed by atoms with Crippen LogP contribution in [-0.2, 0) is 7.05 Å². The molecule has 1 atom stereocenters. The summed E-state index contributed by atoms with van der Waals surface area (Å²) in [4.78, 5) is 35.5. The summed E-state index contributed by atoms with van der Waals surface area (Å²) in [7, 11) is 1.65. The molecule has 148 valence electrons. The fourth-order valence-electron chi connectivity index (χ4n) is 3.67. The number of likely N-dealkylation sites (tertiary alicyclic amines) is 1. The number of hydrogen-bond acceptors (Lipinski definition) is 4. The van der Waals surface area contributed by atoms with Crippen LogP contribution in [-0.4, -0.2) is 38.4 Å². The van der Waals surface area contributed by atoms with Crippen LogP contribution >= 0.6 is 11.6 Å². The van der Waals surface area contributed by atoms with Crippen molar-refractivity contribution in [3.63, 3.8) is 0 Å². The summed E-state index contributed by atoms with van der Waals surface area (Å²) >= 11 is 6.10. The lowest BCUT2D eigenvalue weighted by molar-refractivity contribution is 0.0705. The predicted molar refractivity (Wildman–Crippen MR) is 112 cm³/mol. The van der Waals surface area contributed by atoms with Crippen molar-refractivity contribution in [2.75, 3.05) is 13.1 Å². The third-order valence-corrected chi connectivity index (χ3v) is 5.47. The topological polar surface area (TPSA) is 68.1 Å². The zero-order valence-electron chi connectivity index (χ0n) is 16.1. The van der Waals surface area contributed by atoms with E-state index in [2.05, 4.69) is 4.98 Å². The Morgan fingerprint density at radius 1 is 1.21 bits per heavy atom. The second kappa shape index (κ2) is 8.17. The Balaban J connectivity index is 1.55. The molecule has 1 aliphatic rings. The smallest absolute Gasteiger partial charge is 0.255 e. The summed E-state index contributed by atoms with van der Waals surface area (Å²) < 4.78 is 1.43. The maximum Gasteiger partial charge on any atom is 0.255 e. The van der Waals surface area contributed by atoms with E-state index in [-0.39, 0.29) is 17.4 Å². The van der Waals surface area contributed by atoms with Crippen molar-refractivity contribution in [3.05, 3.63) is 81.6 Å². The first-order valence-corrected chi connectivity index (χ1v) is 9.93. The van der Waals surface area contributed by atoms with E-state index in [1.165, 1.54) is 10.6 Å². The molecule has 29 heavy (non-hydrogen) atoms. The number of hydrogen-bond donors (Lipinski definition) is 0. The number of aryl methyl sites for hydroxylation is 1. The molecule has 3 aromatic rings. The predicted octanol–water partition coefficient (Wildman–Crippen LogP) is 3.52. The minimum Gasteiger partial charge on any atom is -0.338 e. The van der Waals surface area contributed by atoms with E-state index >= 15 is 0 Å². The van der Waals surface area contributed by atoms with Gasteiger partial charge in [0.25, 0.3) is 5.91 Å². The zero-order valence-corrected chi connectivity index (χ0v) is 16.8. The highest BCUT2D eigenvalue weighted by Gasteiger charge is 2.27. The lowest BCUT2D eigenvalue weighted by Gasteiger charge is -2.32. The average Bonchev–Trinajstić information content (AvgIpc) is 2.75. The van der Waals surface area contributed by atoms with Gasteiger partial charge in [-0.1, -0.05) is 23.7 Å². The SMILES string of the molecule is Cn1cc(C(=O)N2CCC[C@H](c3cncc(-c4cccc(Cl)c4)n3)C2)ccc1=O. The molecular weight excluding hydrogens is 388 g/mol. The number of rotatable bonds is 3. The van der Waals surface area contributed by atoms with Crippen molar-refractivity contribution in [2.24, 2.45) is 7.05 Å². The van der Waals surface area contributed by atoms with Gasteiger partial charge in [0.1, 0.15) is 0 Å². The van der Waals surface area contributed by atoms with Gasteiger partial charge in [-0.25, -0.2) is 4.98 Å². The third kappa shape index (κ3) is 4.22. The largest absolute Gasteiger partial charge is 0.338 e. The van der Waals surface area contributed by atoms with Gasteiger partial charge in [-0.2, -0.15) is 0 Å². The first-order valence-electron chi connectivity index (χ1n) is 9.55. The summed E-state index contributed by atoms with van der Waals surface area (Å²) in [6, 6.07) is 10.6. The van der Waals surface area contributed by atoms with E-state index in [0.717, 1.165) is 29.8 Å². The Bertz CT molecular complexity index is 1110. The fraction of sp³-hybridized carbons (Fsp3) is 0.273. The van der Waals surface area contributed by atoms with Crippen molar-refractivity contribution in [1.29, 1.82) is 0 Å². The summed E-state index contributed by atoms with van der Waals surface area (Å²) in [5.74, 6) is 0.0520. The average molecular weight is 409 g/mol. The van der Waals surface area contributed by atoms with Gasteiger partial charge in [-0.15, -0.1) is 0 Å². The molecule has 0 N–H and O–H groups in total. The molecule has 7 heteroatoms. The van der Waals surface area contributed by atoms with Crippen molar-refractivity contribution in [1.82, 2.24) is 19.4 Å². The molecule has 1 aliphatic heterocycles. The van der Waals surface area contributed by atoms with Gasteiger partial charge in [0.2, 0.25) is 5.56 Å². The highest BCUT2D eigenvalue weighted by atomic mass is 35.5. The van der Waals surface area contributed by atoms with Crippen LogP contribution in [0.15, 0.2) is 59.8 Å². The number of pyridine rings is 1. The van der Waals surface area contributed by atoms with Crippen LogP contribution in [0, 0.1) is 0 Å². The van der Waals surface area contributed by atoms with Gasteiger partial charge in [0.05, 0.1) is 23.1 Å². The fourth-order valence-corrected chi connectivity index (χ4v) is 3.86. The van der Waals surface area contributed by atoms with Gasteiger partial charge < -0.3 is 9.47 Å². The first-order chi connectivity index (χ1) is 14.0. The molecule has 0 saturated carbocycles. The van der Waals surface area contributed by atoms with E-state index in [1.807, 2.05) is 29.2 Å². The van der Waals surface area contributed by atoms with Crippen LogP contribution in [0.25, 0.3) is 11.3 Å². The van der Waals surface area contributed by atoms with Gasteiger partial charge in [-0.05, 0) is 31.0 Å². The number of aromatic nitrogens is 3. The zero-order chi connectivity index (χ0) is 20.4. The van der Waals surface area contributed by atoms with Crippen LogP contribution < -0.4 is 5.56 Å². The van der Waals surface area contributed by atoms with Gasteiger partial charge >= 0.3 is 0 Å². The molecule has 1 aromatic carbocycles. The summed E-state index contributed by atoms with van der Waals surface area (Å²) in [6.07, 6.45) is 6.94. The minimum atomic E-state index is -0.133. The highest BCUT2D eigenvalue weighted by Crippen LogP contribution is 2.28. The molecule has 1 fully saturated rings. The van der Waals surface area contributed by atoms with Crippen LogP contribution in [0.5, 0.6) is 0 Å². The minimum absolute atomic E-state index is 0.0655. The van der Waals surface area contributed by atoms with Crippen LogP contribution in [0.2, 0.25) is 5.02 Å². The maximum atomic E-state index is 12.9. The summed E-state index contributed by atoms with van der Waals surface area (Å²) in [6.45, 7) is 1.27. The Labute approximate surface area is 173 Å². The van der Waals surface area contributed by atoms with Crippen molar-refractivity contribution < 1.29 is 4.79 Å². The molecule has 1 amide bonds. The molecule has 3 heterocycles. The Morgan fingerprint density at radius 2 is 2.07 bits per heavy atom. The number of nitrogens with zero attached hydrogens (tertiary/aromatic N) is 4. The second-order valence-corrected chi connectivity index (χ2v) is 7.73. The molecule has 4 rings (SSSR count). The Hall–Kier alpha value is -2.99. The molecule has 0 spiro atoms. The molecule has 0 radical (unpaired) electrons. The Morgan fingerprint density at radius 3 is 2.86 bits per heavy atom. The standard InChI is InChI=1S/C22H21ClN4O2/c1-26-13-17(7-8-21(26)28)22(29)27-9-3-5-16(14-27)20-12-24-11-19(25-20)15-4-2-6-18(23)10-15/h2,4,6-8,10-13,16H,3,5,9,14H2,1H3/t16-/m0/s1. The van der Waals surface area contributed by atoms with Crippen molar-refractivity contribution in [3.8, 4) is 11.3 Å². The van der Waals surface area contributed by atoms with Gasteiger partial charge in [0, 0.05) is 55.1 Å². The molecule has 6 nitrogen and oxygen atoms in total. The van der Waals surface area contributed by atoms with Gasteiger partial charge in [-0.3, -0.25) is 14.6 Å². The Kier molecular flexibility index (Phi) is 5.45. The van der Waals surface area contributed by atoms with Crippen LogP contribution in [0.4, 0.5) is 0 Å². The number of piperidine rings is 1. The normalized spacial score (nSPS) is 16.6. The summed E-state index contributed by atoms with van der Waals surface area (Å²) in [5, 5.41) is 0.654. The van der Waals surface area contributed by atoms with Crippen molar-refractivity contribution in [2.45, 2.75) is 18.8 Å². The monoisotopic (exact) mass is 408 g/mol. The van der Waals surface area contributed by atoms with Crippen LogP contribution in [0.1, 0.15) is 34.8 Å². The van der Waals surface area contributed by atoms with Gasteiger partial charge in [0.15, 0.2) is 0 Å². The first kappa shape index (κ1) is 19.3. The quantitative estimate of drug-likeness (QED) is 0.665. The number of halogens is 1. The highest BCUT2D eigenvalue weighted by molar-refractivity contribution is 6.30. The van der Waals surface area contributed by atoms with E-state index in [4.69, 9.17) is 16.6 Å². The van der Waals surface area contributed by atoms with Crippen molar-refractivity contribution >= 4 is 17.5 Å². The molecule has 0 unspecified atom stereocenters. The third-order valence-electron chi connectivity index (χ3n) is 5.23.